The van der Waals surface area contributed by atoms with E-state index in [1.165, 1.54) is 18.4 Å². The molecule has 1 heteroatoms. The highest BCUT2D eigenvalue weighted by molar-refractivity contribution is 5.27. The standard InChI is InChI=1S/C18H29N/c1-5-9-15-17(19-8-4)18(6-2,7-3)16-13-11-10-12-14-16/h5,10-14,17,19H,1,6-9,15H2,2-4H3. The predicted molar refractivity (Wildman–Crippen MR) is 85.6 cm³/mol. The van der Waals surface area contributed by atoms with Gasteiger partial charge in [-0.2, -0.15) is 0 Å². The molecule has 1 rings (SSSR count). The molecule has 0 spiro atoms. The van der Waals surface area contributed by atoms with Crippen LogP contribution in [-0.2, 0) is 5.41 Å². The molecule has 1 aromatic rings. The van der Waals surface area contributed by atoms with Crippen LogP contribution in [0.25, 0.3) is 0 Å². The fourth-order valence-corrected chi connectivity index (χ4v) is 3.23. The molecule has 1 nitrogen and oxygen atoms in total. The molecule has 0 aromatic heterocycles. The van der Waals surface area contributed by atoms with Gasteiger partial charge in [0.15, 0.2) is 0 Å². The van der Waals surface area contributed by atoms with Crippen LogP contribution >= 0.6 is 0 Å². The van der Waals surface area contributed by atoms with Crippen LogP contribution in [0.2, 0.25) is 0 Å². The van der Waals surface area contributed by atoms with Gasteiger partial charge >= 0.3 is 0 Å². The lowest BCUT2D eigenvalue weighted by molar-refractivity contribution is 0.262. The van der Waals surface area contributed by atoms with E-state index in [9.17, 15) is 0 Å². The van der Waals surface area contributed by atoms with Gasteiger partial charge in [-0.25, -0.2) is 0 Å². The van der Waals surface area contributed by atoms with E-state index in [1.807, 2.05) is 6.08 Å². The molecule has 106 valence electrons. The maximum atomic E-state index is 3.87. The molecule has 0 fully saturated rings. The van der Waals surface area contributed by atoms with Gasteiger partial charge in [0.2, 0.25) is 0 Å². The van der Waals surface area contributed by atoms with Crippen molar-refractivity contribution in [1.29, 1.82) is 0 Å². The van der Waals surface area contributed by atoms with E-state index >= 15 is 0 Å². The Morgan fingerprint density at radius 1 is 1.16 bits per heavy atom. The molecule has 0 radical (unpaired) electrons. The predicted octanol–water partition coefficient (Wildman–Crippen LogP) is 4.69. The van der Waals surface area contributed by atoms with Crippen molar-refractivity contribution in [3.05, 3.63) is 48.6 Å². The van der Waals surface area contributed by atoms with Gasteiger partial charge in [0.05, 0.1) is 0 Å². The third-order valence-electron chi connectivity index (χ3n) is 4.39. The molecule has 1 N–H and O–H groups in total. The molecule has 19 heavy (non-hydrogen) atoms. The van der Waals surface area contributed by atoms with Gasteiger partial charge in [0, 0.05) is 11.5 Å². The Bertz CT molecular complexity index is 351. The zero-order valence-corrected chi connectivity index (χ0v) is 12.8. The van der Waals surface area contributed by atoms with Crippen molar-refractivity contribution >= 4 is 0 Å². The number of hydrogen-bond acceptors (Lipinski definition) is 1. The Morgan fingerprint density at radius 2 is 1.79 bits per heavy atom. The van der Waals surface area contributed by atoms with E-state index in [1.54, 1.807) is 0 Å². The summed E-state index contributed by atoms with van der Waals surface area (Å²) in [5, 5.41) is 3.71. The molecule has 0 aliphatic heterocycles. The Balaban J connectivity index is 3.09. The van der Waals surface area contributed by atoms with Crippen molar-refractivity contribution in [2.45, 2.75) is 57.9 Å². The first-order valence-electron chi connectivity index (χ1n) is 7.64. The summed E-state index contributed by atoms with van der Waals surface area (Å²) in [6.07, 6.45) is 6.61. The van der Waals surface area contributed by atoms with Crippen molar-refractivity contribution in [3.8, 4) is 0 Å². The maximum absolute atomic E-state index is 3.87. The average Bonchev–Trinajstić information content (AvgIpc) is 2.47. The molecule has 1 atom stereocenters. The van der Waals surface area contributed by atoms with Crippen molar-refractivity contribution in [1.82, 2.24) is 5.32 Å². The zero-order valence-electron chi connectivity index (χ0n) is 12.8. The molecular formula is C18H29N. The summed E-state index contributed by atoms with van der Waals surface area (Å²) in [7, 11) is 0. The van der Waals surface area contributed by atoms with Gasteiger partial charge in [-0.1, -0.05) is 57.2 Å². The zero-order chi connectivity index (χ0) is 14.1. The van der Waals surface area contributed by atoms with Gasteiger partial charge < -0.3 is 5.32 Å². The normalized spacial score (nSPS) is 13.2. The second-order valence-electron chi connectivity index (χ2n) is 5.21. The second-order valence-corrected chi connectivity index (χ2v) is 5.21. The average molecular weight is 259 g/mol. The lowest BCUT2D eigenvalue weighted by atomic mass is 9.69. The van der Waals surface area contributed by atoms with Gasteiger partial charge in [-0.05, 0) is 37.8 Å². The van der Waals surface area contributed by atoms with Gasteiger partial charge in [-0.3, -0.25) is 0 Å². The molecule has 0 saturated carbocycles. The monoisotopic (exact) mass is 259 g/mol. The summed E-state index contributed by atoms with van der Waals surface area (Å²) in [4.78, 5) is 0. The number of benzene rings is 1. The van der Waals surface area contributed by atoms with Crippen LogP contribution in [0.5, 0.6) is 0 Å². The van der Waals surface area contributed by atoms with Crippen LogP contribution in [0.15, 0.2) is 43.0 Å². The summed E-state index contributed by atoms with van der Waals surface area (Å²) in [5.74, 6) is 0. The topological polar surface area (TPSA) is 12.0 Å². The van der Waals surface area contributed by atoms with Crippen molar-refractivity contribution in [3.63, 3.8) is 0 Å². The molecular weight excluding hydrogens is 230 g/mol. The van der Waals surface area contributed by atoms with Crippen LogP contribution in [0.4, 0.5) is 0 Å². The molecule has 1 aromatic carbocycles. The second kappa shape index (κ2) is 8.16. The van der Waals surface area contributed by atoms with Crippen LogP contribution in [0, 0.1) is 0 Å². The summed E-state index contributed by atoms with van der Waals surface area (Å²) in [5.41, 5.74) is 1.70. The number of likely N-dealkylation sites (N-methyl/N-ethyl adjacent to an activating group) is 1. The fourth-order valence-electron chi connectivity index (χ4n) is 3.23. The lowest BCUT2D eigenvalue weighted by Crippen LogP contribution is -2.48. The largest absolute Gasteiger partial charge is 0.313 e. The summed E-state index contributed by atoms with van der Waals surface area (Å²) in [6, 6.07) is 11.5. The minimum absolute atomic E-state index is 0.236. The quantitative estimate of drug-likeness (QED) is 0.634. The van der Waals surface area contributed by atoms with Crippen LogP contribution in [0.1, 0.15) is 52.0 Å². The number of allylic oxidation sites excluding steroid dienone is 1. The number of rotatable bonds is 9. The van der Waals surface area contributed by atoms with E-state index in [2.05, 4.69) is 63.0 Å². The third kappa shape index (κ3) is 3.70. The maximum Gasteiger partial charge on any atom is 0.0167 e. The van der Waals surface area contributed by atoms with E-state index in [0.717, 1.165) is 19.4 Å². The molecule has 0 heterocycles. The van der Waals surface area contributed by atoms with E-state index < -0.39 is 0 Å². The number of nitrogens with one attached hydrogen (secondary N) is 1. The van der Waals surface area contributed by atoms with E-state index in [4.69, 9.17) is 0 Å². The first-order valence-corrected chi connectivity index (χ1v) is 7.64. The molecule has 0 aliphatic carbocycles. The summed E-state index contributed by atoms with van der Waals surface area (Å²) < 4.78 is 0. The summed E-state index contributed by atoms with van der Waals surface area (Å²) >= 11 is 0. The summed E-state index contributed by atoms with van der Waals surface area (Å²) in [6.45, 7) is 11.7. The molecule has 0 bridgehead atoms. The third-order valence-corrected chi connectivity index (χ3v) is 4.39. The fraction of sp³-hybridized carbons (Fsp3) is 0.556. The molecule has 1 unspecified atom stereocenters. The molecule has 0 saturated heterocycles. The Kier molecular flexibility index (Phi) is 6.86. The highest BCUT2D eigenvalue weighted by atomic mass is 14.9. The smallest absolute Gasteiger partial charge is 0.0167 e. The Labute approximate surface area is 119 Å². The van der Waals surface area contributed by atoms with Crippen LogP contribution in [0.3, 0.4) is 0 Å². The lowest BCUT2D eigenvalue weighted by Gasteiger charge is -2.41. The van der Waals surface area contributed by atoms with Gasteiger partial charge in [0.25, 0.3) is 0 Å². The highest BCUT2D eigenvalue weighted by Crippen LogP contribution is 2.37. The van der Waals surface area contributed by atoms with Crippen molar-refractivity contribution in [2.75, 3.05) is 6.54 Å². The Hall–Kier alpha value is -1.08. The first-order chi connectivity index (χ1) is 9.25. The van der Waals surface area contributed by atoms with Crippen molar-refractivity contribution < 1.29 is 0 Å². The SMILES string of the molecule is C=CCCC(NCC)C(CC)(CC)c1ccccc1. The number of hydrogen-bond donors (Lipinski definition) is 1. The highest BCUT2D eigenvalue weighted by Gasteiger charge is 2.36. The molecule has 0 amide bonds. The van der Waals surface area contributed by atoms with Crippen molar-refractivity contribution in [2.24, 2.45) is 0 Å². The van der Waals surface area contributed by atoms with Crippen LogP contribution < -0.4 is 5.32 Å². The molecule has 0 aliphatic rings. The Morgan fingerprint density at radius 3 is 2.26 bits per heavy atom. The van der Waals surface area contributed by atoms with Crippen LogP contribution in [-0.4, -0.2) is 12.6 Å². The van der Waals surface area contributed by atoms with Gasteiger partial charge in [-0.15, -0.1) is 6.58 Å². The minimum atomic E-state index is 0.236. The first kappa shape index (κ1) is 16.0. The van der Waals surface area contributed by atoms with E-state index in [0.29, 0.717) is 6.04 Å². The van der Waals surface area contributed by atoms with Gasteiger partial charge in [0.1, 0.15) is 0 Å². The minimum Gasteiger partial charge on any atom is -0.313 e. The van der Waals surface area contributed by atoms with E-state index in [-0.39, 0.29) is 5.41 Å².